The maximum atomic E-state index is 13.9. The van der Waals surface area contributed by atoms with E-state index in [0.29, 0.717) is 26.9 Å². The van der Waals surface area contributed by atoms with Crippen molar-refractivity contribution in [1.82, 2.24) is 0 Å². The summed E-state index contributed by atoms with van der Waals surface area (Å²) in [5.74, 6) is -1.67. The molecule has 3 rings (SSSR count). The van der Waals surface area contributed by atoms with Gasteiger partial charge in [-0.2, -0.15) is 26.3 Å². The van der Waals surface area contributed by atoms with E-state index in [4.69, 9.17) is 9.47 Å². The van der Waals surface area contributed by atoms with Gasteiger partial charge in [0.15, 0.2) is 0 Å². The van der Waals surface area contributed by atoms with Crippen molar-refractivity contribution in [3.63, 3.8) is 0 Å². The number of aryl methyl sites for hydroxylation is 1. The molecule has 2 aromatic carbocycles. The number of halogens is 6. The molecular formula is C29H30F6O3S. The molecule has 1 heterocycles. The van der Waals surface area contributed by atoms with Crippen molar-refractivity contribution in [2.45, 2.75) is 58.3 Å². The Kier molecular flexibility index (Phi) is 10.1. The van der Waals surface area contributed by atoms with Crippen LogP contribution in [0.3, 0.4) is 0 Å². The van der Waals surface area contributed by atoms with Gasteiger partial charge in [-0.1, -0.05) is 38.5 Å². The zero-order chi connectivity index (χ0) is 28.8. The molecule has 0 N–H and O–H groups in total. The first-order valence-corrected chi connectivity index (χ1v) is 13.3. The van der Waals surface area contributed by atoms with E-state index in [2.05, 4.69) is 6.58 Å². The second-order valence-corrected chi connectivity index (χ2v) is 10.6. The summed E-state index contributed by atoms with van der Waals surface area (Å²) in [6.07, 6.45) is -6.91. The van der Waals surface area contributed by atoms with Gasteiger partial charge in [-0.15, -0.1) is 11.3 Å². The SMILES string of the molecule is C=C(C)C(=O)OCC(COc1ccc2cc(-c3ccc(CCCCC)cc3C(F)(F)F)sc2c1)CC(F)(F)F. The number of rotatable bonds is 12. The molecule has 3 nitrogen and oxygen atoms in total. The van der Waals surface area contributed by atoms with Crippen LogP contribution in [0.1, 0.15) is 50.7 Å². The first-order chi connectivity index (χ1) is 18.3. The molecule has 0 bridgehead atoms. The minimum atomic E-state index is -4.53. The van der Waals surface area contributed by atoms with Crippen LogP contribution < -0.4 is 4.74 Å². The fourth-order valence-corrected chi connectivity index (χ4v) is 5.16. The van der Waals surface area contributed by atoms with Crippen LogP contribution in [0.15, 0.2) is 54.6 Å². The van der Waals surface area contributed by atoms with Gasteiger partial charge in [0.2, 0.25) is 0 Å². The van der Waals surface area contributed by atoms with Gasteiger partial charge in [-0.3, -0.25) is 0 Å². The molecule has 0 radical (unpaired) electrons. The molecule has 0 amide bonds. The lowest BCUT2D eigenvalue weighted by Crippen LogP contribution is -2.26. The number of thiophene rings is 1. The lowest BCUT2D eigenvalue weighted by Gasteiger charge is -2.19. The molecule has 1 unspecified atom stereocenters. The Balaban J connectivity index is 1.80. The normalized spacial score (nSPS) is 12.9. The first kappa shape index (κ1) is 30.5. The summed E-state index contributed by atoms with van der Waals surface area (Å²) < 4.78 is 92.0. The number of hydrogen-bond acceptors (Lipinski definition) is 4. The van der Waals surface area contributed by atoms with E-state index < -0.39 is 42.8 Å². The monoisotopic (exact) mass is 572 g/mol. The van der Waals surface area contributed by atoms with Crippen molar-refractivity contribution < 1.29 is 40.6 Å². The zero-order valence-electron chi connectivity index (χ0n) is 21.7. The van der Waals surface area contributed by atoms with Crippen molar-refractivity contribution in [2.75, 3.05) is 13.2 Å². The fraction of sp³-hybridized carbons (Fsp3) is 0.414. The van der Waals surface area contributed by atoms with E-state index >= 15 is 0 Å². The Morgan fingerprint density at radius 3 is 2.38 bits per heavy atom. The van der Waals surface area contributed by atoms with Crippen molar-refractivity contribution in [3.8, 4) is 16.2 Å². The molecule has 0 saturated carbocycles. The molecule has 1 aromatic heterocycles. The molecular weight excluding hydrogens is 542 g/mol. The predicted octanol–water partition coefficient (Wildman–Crippen LogP) is 9.39. The van der Waals surface area contributed by atoms with Crippen LogP contribution in [0.4, 0.5) is 26.3 Å². The molecule has 0 fully saturated rings. The molecule has 0 saturated heterocycles. The first-order valence-electron chi connectivity index (χ1n) is 12.5. The maximum absolute atomic E-state index is 13.9. The third-order valence-corrected chi connectivity index (χ3v) is 7.15. The average molecular weight is 573 g/mol. The van der Waals surface area contributed by atoms with Crippen LogP contribution >= 0.6 is 11.3 Å². The number of carbonyl (C=O) groups excluding carboxylic acids is 1. The van der Waals surface area contributed by atoms with Gasteiger partial charge in [0, 0.05) is 26.6 Å². The van der Waals surface area contributed by atoms with Crippen molar-refractivity contribution in [1.29, 1.82) is 0 Å². The number of ether oxygens (including phenoxy) is 2. The van der Waals surface area contributed by atoms with E-state index in [1.807, 2.05) is 6.92 Å². The van der Waals surface area contributed by atoms with Crippen LogP contribution in [0, 0.1) is 5.92 Å². The summed E-state index contributed by atoms with van der Waals surface area (Å²) in [7, 11) is 0. The minimum Gasteiger partial charge on any atom is -0.493 e. The number of fused-ring (bicyclic) bond motifs is 1. The summed E-state index contributed by atoms with van der Waals surface area (Å²) in [6, 6.07) is 10.9. The largest absolute Gasteiger partial charge is 0.493 e. The summed E-state index contributed by atoms with van der Waals surface area (Å²) in [5.41, 5.74) is 0.0907. The molecule has 10 heteroatoms. The topological polar surface area (TPSA) is 35.5 Å². The number of carbonyl (C=O) groups is 1. The minimum absolute atomic E-state index is 0.0699. The van der Waals surface area contributed by atoms with Gasteiger partial charge in [0.25, 0.3) is 0 Å². The standard InChI is InChI=1S/C29H30F6O3S/c1-4-5-6-7-19-8-11-23(24(12-19)29(33,34)35)26-13-21-9-10-22(14-25(21)39-26)37-16-20(15-28(30,31)32)17-38-27(36)18(2)3/h8-14,20H,2,4-7,15-17H2,1,3H3. The summed E-state index contributed by atoms with van der Waals surface area (Å²) in [4.78, 5) is 12.0. The van der Waals surface area contributed by atoms with Crippen molar-refractivity contribution in [3.05, 3.63) is 65.7 Å². The predicted molar refractivity (Wildman–Crippen MR) is 141 cm³/mol. The van der Waals surface area contributed by atoms with Crippen LogP contribution in [-0.4, -0.2) is 25.4 Å². The van der Waals surface area contributed by atoms with E-state index in [1.54, 1.807) is 30.3 Å². The van der Waals surface area contributed by atoms with Gasteiger partial charge in [-0.25, -0.2) is 4.79 Å². The Hall–Kier alpha value is -3.01. The Labute approximate surface area is 227 Å². The highest BCUT2D eigenvalue weighted by molar-refractivity contribution is 7.22. The molecule has 0 spiro atoms. The van der Waals surface area contributed by atoms with E-state index in [-0.39, 0.29) is 23.5 Å². The van der Waals surface area contributed by atoms with Crippen LogP contribution in [0.5, 0.6) is 5.75 Å². The highest BCUT2D eigenvalue weighted by Gasteiger charge is 2.35. The molecule has 0 aliphatic rings. The third-order valence-electron chi connectivity index (χ3n) is 6.02. The van der Waals surface area contributed by atoms with Crippen LogP contribution in [0.2, 0.25) is 0 Å². The molecule has 39 heavy (non-hydrogen) atoms. The number of alkyl halides is 6. The molecule has 0 aliphatic heterocycles. The Morgan fingerprint density at radius 1 is 1.00 bits per heavy atom. The fourth-order valence-electron chi connectivity index (χ4n) is 4.03. The van der Waals surface area contributed by atoms with E-state index in [1.165, 1.54) is 19.1 Å². The summed E-state index contributed by atoms with van der Waals surface area (Å²) in [6.45, 7) is 5.96. The molecule has 1 atom stereocenters. The summed E-state index contributed by atoms with van der Waals surface area (Å²) >= 11 is 1.14. The second-order valence-electron chi connectivity index (χ2n) is 9.52. The lowest BCUT2D eigenvalue weighted by atomic mass is 9.98. The molecule has 3 aromatic rings. The second kappa shape index (κ2) is 12.9. The summed E-state index contributed by atoms with van der Waals surface area (Å²) in [5, 5.41) is 0.685. The van der Waals surface area contributed by atoms with E-state index in [0.717, 1.165) is 30.6 Å². The highest BCUT2D eigenvalue weighted by Crippen LogP contribution is 2.42. The lowest BCUT2D eigenvalue weighted by molar-refractivity contribution is -0.158. The molecule has 212 valence electrons. The Morgan fingerprint density at radius 2 is 1.74 bits per heavy atom. The number of esters is 1. The zero-order valence-corrected chi connectivity index (χ0v) is 22.5. The van der Waals surface area contributed by atoms with Gasteiger partial charge in [0.1, 0.15) is 5.75 Å². The van der Waals surface area contributed by atoms with Gasteiger partial charge in [0.05, 0.1) is 25.2 Å². The van der Waals surface area contributed by atoms with E-state index in [9.17, 15) is 31.1 Å². The van der Waals surface area contributed by atoms with Crippen molar-refractivity contribution >= 4 is 27.4 Å². The number of unbranched alkanes of at least 4 members (excludes halogenated alkanes) is 2. The smallest absolute Gasteiger partial charge is 0.417 e. The average Bonchev–Trinajstić information content (AvgIpc) is 3.27. The van der Waals surface area contributed by atoms with Gasteiger partial charge >= 0.3 is 18.3 Å². The van der Waals surface area contributed by atoms with Crippen LogP contribution in [-0.2, 0) is 22.1 Å². The van der Waals surface area contributed by atoms with Gasteiger partial charge < -0.3 is 9.47 Å². The maximum Gasteiger partial charge on any atom is 0.417 e. The Bertz CT molecular complexity index is 1290. The van der Waals surface area contributed by atoms with Gasteiger partial charge in [-0.05, 0) is 61.0 Å². The quantitative estimate of drug-likeness (QED) is 0.0939. The number of benzene rings is 2. The molecule has 0 aliphatic carbocycles. The highest BCUT2D eigenvalue weighted by atomic mass is 32.1. The van der Waals surface area contributed by atoms with Crippen LogP contribution in [0.25, 0.3) is 20.5 Å². The number of hydrogen-bond donors (Lipinski definition) is 0. The van der Waals surface area contributed by atoms with Crippen molar-refractivity contribution in [2.24, 2.45) is 5.92 Å². The third kappa shape index (κ3) is 9.02.